The van der Waals surface area contributed by atoms with Crippen LogP contribution in [-0.2, 0) is 4.74 Å². The Kier molecular flexibility index (Phi) is 14.1. The summed E-state index contributed by atoms with van der Waals surface area (Å²) < 4.78 is 5.75. The molecule has 2 unspecified atom stereocenters. The molecule has 0 aromatic carbocycles. The number of hydrogen-bond acceptors (Lipinski definition) is 2. The molecule has 0 saturated carbocycles. The van der Waals surface area contributed by atoms with Gasteiger partial charge in [0.25, 0.3) is 0 Å². The predicted octanol–water partition coefficient (Wildman–Crippen LogP) is 7.84. The molecule has 0 spiro atoms. The molecule has 0 saturated heterocycles. The quantitative estimate of drug-likeness (QED) is 0.244. The first kappa shape index (κ1) is 22.5. The van der Waals surface area contributed by atoms with E-state index < -0.39 is 0 Å². The summed E-state index contributed by atoms with van der Waals surface area (Å²) in [7, 11) is 0. The Hall–Kier alpha value is -0.530. The number of nitrogens with zero attached hydrogens (tertiary/aromatic N) is 1. The van der Waals surface area contributed by atoms with Crippen LogP contribution in [0.1, 0.15) is 130 Å². The fraction of sp³-hybridized carbons (Fsp3) is 0.957. The van der Waals surface area contributed by atoms with Gasteiger partial charge in [-0.25, -0.2) is 4.99 Å². The molecule has 0 aromatic heterocycles. The van der Waals surface area contributed by atoms with E-state index in [1.54, 1.807) is 0 Å². The predicted molar refractivity (Wildman–Crippen MR) is 112 cm³/mol. The average Bonchev–Trinajstić information content (AvgIpc) is 2.92. The van der Waals surface area contributed by atoms with Gasteiger partial charge in [0.15, 0.2) is 5.90 Å². The lowest BCUT2D eigenvalue weighted by atomic mass is 10.0. The second-order valence-electron chi connectivity index (χ2n) is 8.14. The standard InChI is InChI=1S/C23H45NO/c1-4-5-6-7-8-9-10-11-12-13-14-15-16-17-18-19-20-23-24-21(2)22(3)25-23/h21-22H,4-20H2,1-3H3. The Morgan fingerprint density at radius 3 is 1.40 bits per heavy atom. The third-order valence-electron chi connectivity index (χ3n) is 5.59. The summed E-state index contributed by atoms with van der Waals surface area (Å²) >= 11 is 0. The van der Waals surface area contributed by atoms with Gasteiger partial charge in [0.1, 0.15) is 6.10 Å². The van der Waals surface area contributed by atoms with Crippen molar-refractivity contribution in [3.05, 3.63) is 0 Å². The lowest BCUT2D eigenvalue weighted by Gasteiger charge is -2.07. The summed E-state index contributed by atoms with van der Waals surface area (Å²) in [4.78, 5) is 4.57. The van der Waals surface area contributed by atoms with Crippen molar-refractivity contribution >= 4 is 5.90 Å². The minimum absolute atomic E-state index is 0.288. The summed E-state index contributed by atoms with van der Waals surface area (Å²) in [6, 6.07) is 0.357. The number of ether oxygens (including phenoxy) is 1. The molecule has 0 fully saturated rings. The van der Waals surface area contributed by atoms with Crippen LogP contribution in [0, 0.1) is 0 Å². The molecule has 148 valence electrons. The third-order valence-corrected chi connectivity index (χ3v) is 5.59. The summed E-state index contributed by atoms with van der Waals surface area (Å²) in [5, 5.41) is 0. The van der Waals surface area contributed by atoms with Crippen molar-refractivity contribution in [1.29, 1.82) is 0 Å². The van der Waals surface area contributed by atoms with Crippen molar-refractivity contribution < 1.29 is 4.74 Å². The summed E-state index contributed by atoms with van der Waals surface area (Å²) in [5.41, 5.74) is 0. The Morgan fingerprint density at radius 2 is 1.04 bits per heavy atom. The van der Waals surface area contributed by atoms with E-state index in [2.05, 4.69) is 25.8 Å². The SMILES string of the molecule is CCCCCCCCCCCCCCCCCCC1=NC(C)C(C)O1. The molecule has 0 amide bonds. The van der Waals surface area contributed by atoms with Gasteiger partial charge >= 0.3 is 0 Å². The fourth-order valence-corrected chi connectivity index (χ4v) is 3.62. The van der Waals surface area contributed by atoms with Gasteiger partial charge in [-0.15, -0.1) is 0 Å². The minimum Gasteiger partial charge on any atom is -0.476 e. The van der Waals surface area contributed by atoms with E-state index in [0.29, 0.717) is 6.04 Å². The fourth-order valence-electron chi connectivity index (χ4n) is 3.62. The molecule has 0 aliphatic carbocycles. The maximum absolute atomic E-state index is 5.75. The van der Waals surface area contributed by atoms with Gasteiger partial charge in [0, 0.05) is 6.42 Å². The van der Waals surface area contributed by atoms with Gasteiger partial charge in [-0.1, -0.05) is 103 Å². The van der Waals surface area contributed by atoms with Crippen molar-refractivity contribution in [3.63, 3.8) is 0 Å². The highest BCUT2D eigenvalue weighted by Crippen LogP contribution is 2.17. The maximum Gasteiger partial charge on any atom is 0.183 e. The highest BCUT2D eigenvalue weighted by molar-refractivity contribution is 5.77. The van der Waals surface area contributed by atoms with Crippen LogP contribution in [0.5, 0.6) is 0 Å². The van der Waals surface area contributed by atoms with Crippen LogP contribution >= 0.6 is 0 Å². The number of aliphatic imine (C=N–C) groups is 1. The van der Waals surface area contributed by atoms with Crippen LogP contribution < -0.4 is 0 Å². The van der Waals surface area contributed by atoms with E-state index >= 15 is 0 Å². The molecule has 0 radical (unpaired) electrons. The molecule has 2 nitrogen and oxygen atoms in total. The number of unbranched alkanes of at least 4 members (excludes halogenated alkanes) is 15. The number of hydrogen-bond donors (Lipinski definition) is 0. The topological polar surface area (TPSA) is 21.6 Å². The summed E-state index contributed by atoms with van der Waals surface area (Å²) in [6.45, 7) is 6.56. The smallest absolute Gasteiger partial charge is 0.183 e. The lowest BCUT2D eigenvalue weighted by Crippen LogP contribution is -2.14. The molecule has 1 rings (SSSR count). The first-order valence-corrected chi connectivity index (χ1v) is 11.5. The van der Waals surface area contributed by atoms with Crippen LogP contribution in [0.15, 0.2) is 4.99 Å². The third kappa shape index (κ3) is 12.5. The lowest BCUT2D eigenvalue weighted by molar-refractivity contribution is 0.213. The first-order chi connectivity index (χ1) is 12.2. The van der Waals surface area contributed by atoms with E-state index in [1.165, 1.54) is 103 Å². The van der Waals surface area contributed by atoms with Crippen molar-refractivity contribution in [3.8, 4) is 0 Å². The highest BCUT2D eigenvalue weighted by Gasteiger charge is 2.21. The van der Waals surface area contributed by atoms with Crippen LogP contribution in [-0.4, -0.2) is 18.0 Å². The molecule has 25 heavy (non-hydrogen) atoms. The summed E-state index contributed by atoms with van der Waals surface area (Å²) in [5.74, 6) is 1.00. The monoisotopic (exact) mass is 351 g/mol. The van der Waals surface area contributed by atoms with Gasteiger partial charge in [-0.2, -0.15) is 0 Å². The van der Waals surface area contributed by atoms with E-state index in [4.69, 9.17) is 4.74 Å². The Labute approximate surface area is 158 Å². The van der Waals surface area contributed by atoms with Gasteiger partial charge in [0.2, 0.25) is 0 Å². The second-order valence-corrected chi connectivity index (χ2v) is 8.14. The highest BCUT2D eigenvalue weighted by atomic mass is 16.5. The number of rotatable bonds is 17. The molecule has 0 N–H and O–H groups in total. The zero-order valence-electron chi connectivity index (χ0n) is 17.5. The minimum atomic E-state index is 0.288. The van der Waals surface area contributed by atoms with Gasteiger partial charge in [-0.05, 0) is 20.3 Å². The maximum atomic E-state index is 5.75. The Morgan fingerprint density at radius 1 is 0.640 bits per heavy atom. The van der Waals surface area contributed by atoms with E-state index in [9.17, 15) is 0 Å². The molecule has 2 atom stereocenters. The average molecular weight is 352 g/mol. The van der Waals surface area contributed by atoms with E-state index in [0.717, 1.165) is 12.3 Å². The van der Waals surface area contributed by atoms with E-state index in [1.807, 2.05) is 0 Å². The van der Waals surface area contributed by atoms with Crippen LogP contribution in [0.25, 0.3) is 0 Å². The molecule has 0 bridgehead atoms. The van der Waals surface area contributed by atoms with Crippen molar-refractivity contribution in [2.24, 2.45) is 4.99 Å². The zero-order valence-corrected chi connectivity index (χ0v) is 17.5. The van der Waals surface area contributed by atoms with Crippen molar-refractivity contribution in [2.75, 3.05) is 0 Å². The molecule has 1 aliphatic rings. The van der Waals surface area contributed by atoms with Crippen molar-refractivity contribution in [1.82, 2.24) is 0 Å². The normalized spacial score (nSPS) is 19.9. The van der Waals surface area contributed by atoms with E-state index in [-0.39, 0.29) is 6.10 Å². The van der Waals surface area contributed by atoms with Crippen LogP contribution in [0.2, 0.25) is 0 Å². The van der Waals surface area contributed by atoms with Gasteiger partial charge < -0.3 is 4.74 Å². The zero-order chi connectivity index (χ0) is 18.2. The molecular weight excluding hydrogens is 306 g/mol. The first-order valence-electron chi connectivity index (χ1n) is 11.5. The Bertz CT molecular complexity index is 326. The van der Waals surface area contributed by atoms with Crippen LogP contribution in [0.4, 0.5) is 0 Å². The molecule has 0 aromatic rings. The van der Waals surface area contributed by atoms with Crippen molar-refractivity contribution in [2.45, 2.75) is 142 Å². The molecule has 2 heteroatoms. The van der Waals surface area contributed by atoms with Gasteiger partial charge in [0.05, 0.1) is 6.04 Å². The van der Waals surface area contributed by atoms with Gasteiger partial charge in [-0.3, -0.25) is 0 Å². The second kappa shape index (κ2) is 15.7. The molecule has 1 aliphatic heterocycles. The largest absolute Gasteiger partial charge is 0.476 e. The molecular formula is C23H45NO. The Balaban J connectivity index is 1.72. The van der Waals surface area contributed by atoms with Crippen LogP contribution in [0.3, 0.4) is 0 Å². The molecule has 1 heterocycles. The summed E-state index contributed by atoms with van der Waals surface area (Å²) in [6.07, 6.45) is 24.1.